The van der Waals surface area contributed by atoms with E-state index in [-0.39, 0.29) is 11.5 Å². The average Bonchev–Trinajstić information content (AvgIpc) is 2.62. The Bertz CT molecular complexity index is 900. The lowest BCUT2D eigenvalue weighted by Gasteiger charge is -2.07. The molecule has 0 bridgehead atoms. The summed E-state index contributed by atoms with van der Waals surface area (Å²) in [4.78, 5) is 23.2. The standard InChI is InChI=1S/C20H15NO3/c1-14-18(8-5-9-19(14)21(23)24)20(22)17-12-10-16(11-13-17)15-6-3-2-4-7-15/h2-13H,1H3. The Balaban J connectivity index is 1.94. The van der Waals surface area contributed by atoms with Crippen molar-refractivity contribution < 1.29 is 9.72 Å². The monoisotopic (exact) mass is 317 g/mol. The Morgan fingerprint density at radius 2 is 1.46 bits per heavy atom. The van der Waals surface area contributed by atoms with Gasteiger partial charge in [0.2, 0.25) is 0 Å². The number of nitro benzene ring substituents is 1. The van der Waals surface area contributed by atoms with Gasteiger partial charge in [-0.05, 0) is 18.1 Å². The Morgan fingerprint density at radius 1 is 0.833 bits per heavy atom. The Labute approximate surface area is 139 Å². The number of benzene rings is 3. The van der Waals surface area contributed by atoms with E-state index in [1.807, 2.05) is 42.5 Å². The van der Waals surface area contributed by atoms with E-state index in [1.165, 1.54) is 12.1 Å². The Kier molecular flexibility index (Phi) is 4.20. The summed E-state index contributed by atoms with van der Waals surface area (Å²) < 4.78 is 0. The van der Waals surface area contributed by atoms with Gasteiger partial charge in [-0.2, -0.15) is 0 Å². The van der Waals surface area contributed by atoms with E-state index in [0.29, 0.717) is 16.7 Å². The minimum atomic E-state index is -0.468. The summed E-state index contributed by atoms with van der Waals surface area (Å²) in [6.45, 7) is 1.60. The summed E-state index contributed by atoms with van der Waals surface area (Å²) in [6.07, 6.45) is 0. The third kappa shape index (κ3) is 2.94. The molecule has 4 nitrogen and oxygen atoms in total. The summed E-state index contributed by atoms with van der Waals surface area (Å²) in [5.74, 6) is -0.212. The lowest BCUT2D eigenvalue weighted by atomic mass is 9.96. The van der Waals surface area contributed by atoms with Crippen molar-refractivity contribution in [3.63, 3.8) is 0 Å². The zero-order chi connectivity index (χ0) is 17.1. The molecule has 0 heterocycles. The van der Waals surface area contributed by atoms with Gasteiger partial charge in [-0.15, -0.1) is 0 Å². The molecule has 0 aliphatic rings. The first kappa shape index (κ1) is 15.6. The van der Waals surface area contributed by atoms with E-state index in [4.69, 9.17) is 0 Å². The lowest BCUT2D eigenvalue weighted by Crippen LogP contribution is -2.05. The van der Waals surface area contributed by atoms with Crippen LogP contribution < -0.4 is 0 Å². The Hall–Kier alpha value is -3.27. The van der Waals surface area contributed by atoms with Gasteiger partial charge in [0.05, 0.1) is 4.92 Å². The van der Waals surface area contributed by atoms with Crippen LogP contribution in [0.15, 0.2) is 72.8 Å². The molecule has 0 radical (unpaired) electrons. The molecule has 118 valence electrons. The van der Waals surface area contributed by atoms with E-state index in [9.17, 15) is 14.9 Å². The molecule has 0 spiro atoms. The van der Waals surface area contributed by atoms with E-state index < -0.39 is 4.92 Å². The van der Waals surface area contributed by atoms with Gasteiger partial charge in [0.1, 0.15) is 0 Å². The summed E-state index contributed by atoms with van der Waals surface area (Å²) in [5.41, 5.74) is 3.31. The molecule has 0 amide bonds. The average molecular weight is 317 g/mol. The van der Waals surface area contributed by atoms with Crippen LogP contribution in [0.5, 0.6) is 0 Å². The quantitative estimate of drug-likeness (QED) is 0.394. The van der Waals surface area contributed by atoms with Crippen molar-refractivity contribution in [1.82, 2.24) is 0 Å². The molecule has 0 N–H and O–H groups in total. The highest BCUT2D eigenvalue weighted by Gasteiger charge is 2.19. The summed E-state index contributed by atoms with van der Waals surface area (Å²) >= 11 is 0. The van der Waals surface area contributed by atoms with Gasteiger partial charge < -0.3 is 0 Å². The molecule has 0 aliphatic heterocycles. The summed E-state index contributed by atoms with van der Waals surface area (Å²) in [5, 5.41) is 11.0. The largest absolute Gasteiger partial charge is 0.289 e. The normalized spacial score (nSPS) is 10.4. The van der Waals surface area contributed by atoms with Crippen molar-refractivity contribution in [2.24, 2.45) is 0 Å². The first-order chi connectivity index (χ1) is 11.6. The smallest absolute Gasteiger partial charge is 0.273 e. The molecule has 3 aromatic carbocycles. The van der Waals surface area contributed by atoms with Crippen LogP contribution in [-0.4, -0.2) is 10.7 Å². The number of nitro groups is 1. The van der Waals surface area contributed by atoms with E-state index in [0.717, 1.165) is 11.1 Å². The van der Waals surface area contributed by atoms with Gasteiger partial charge in [0, 0.05) is 22.8 Å². The number of nitrogens with zero attached hydrogens (tertiary/aromatic N) is 1. The van der Waals surface area contributed by atoms with E-state index >= 15 is 0 Å². The molecular weight excluding hydrogens is 302 g/mol. The van der Waals surface area contributed by atoms with Crippen molar-refractivity contribution in [1.29, 1.82) is 0 Å². The molecule has 0 saturated heterocycles. The number of hydrogen-bond acceptors (Lipinski definition) is 3. The second-order valence-electron chi connectivity index (χ2n) is 5.48. The third-order valence-corrected chi connectivity index (χ3v) is 4.00. The Morgan fingerprint density at radius 3 is 2.08 bits per heavy atom. The van der Waals surface area contributed by atoms with Gasteiger partial charge in [-0.3, -0.25) is 14.9 Å². The van der Waals surface area contributed by atoms with Gasteiger partial charge in [-0.1, -0.05) is 66.7 Å². The van der Waals surface area contributed by atoms with E-state index in [1.54, 1.807) is 25.1 Å². The fraction of sp³-hybridized carbons (Fsp3) is 0.0500. The van der Waals surface area contributed by atoms with E-state index in [2.05, 4.69) is 0 Å². The molecule has 0 aliphatic carbocycles. The molecule has 0 aromatic heterocycles. The predicted octanol–water partition coefficient (Wildman–Crippen LogP) is 4.80. The van der Waals surface area contributed by atoms with Crippen LogP contribution in [0, 0.1) is 17.0 Å². The first-order valence-electron chi connectivity index (χ1n) is 7.52. The number of hydrogen-bond donors (Lipinski definition) is 0. The van der Waals surface area contributed by atoms with Gasteiger partial charge in [-0.25, -0.2) is 0 Å². The molecular formula is C20H15NO3. The number of carbonyl (C=O) groups is 1. The van der Waals surface area contributed by atoms with Gasteiger partial charge in [0.25, 0.3) is 5.69 Å². The van der Waals surface area contributed by atoms with Crippen LogP contribution in [0.2, 0.25) is 0 Å². The van der Waals surface area contributed by atoms with Gasteiger partial charge in [0.15, 0.2) is 5.78 Å². The lowest BCUT2D eigenvalue weighted by molar-refractivity contribution is -0.385. The molecule has 24 heavy (non-hydrogen) atoms. The molecule has 0 saturated carbocycles. The molecule has 4 heteroatoms. The molecule has 0 unspecified atom stereocenters. The number of rotatable bonds is 4. The predicted molar refractivity (Wildman–Crippen MR) is 93.1 cm³/mol. The molecule has 0 fully saturated rings. The van der Waals surface area contributed by atoms with Crippen molar-refractivity contribution in [2.75, 3.05) is 0 Å². The van der Waals surface area contributed by atoms with Crippen LogP contribution in [0.3, 0.4) is 0 Å². The SMILES string of the molecule is Cc1c(C(=O)c2ccc(-c3ccccc3)cc2)cccc1[N+](=O)[O-]. The first-order valence-corrected chi connectivity index (χ1v) is 7.52. The fourth-order valence-corrected chi connectivity index (χ4v) is 2.67. The van der Waals surface area contributed by atoms with Crippen molar-refractivity contribution in [3.05, 3.63) is 99.6 Å². The zero-order valence-corrected chi connectivity index (χ0v) is 13.1. The van der Waals surface area contributed by atoms with Crippen molar-refractivity contribution in [2.45, 2.75) is 6.92 Å². The molecule has 3 aromatic rings. The maximum Gasteiger partial charge on any atom is 0.273 e. The van der Waals surface area contributed by atoms with Crippen LogP contribution in [0.25, 0.3) is 11.1 Å². The molecule has 0 atom stereocenters. The number of ketones is 1. The van der Waals surface area contributed by atoms with Crippen LogP contribution >= 0.6 is 0 Å². The van der Waals surface area contributed by atoms with Crippen LogP contribution in [0.4, 0.5) is 5.69 Å². The highest BCUT2D eigenvalue weighted by atomic mass is 16.6. The maximum atomic E-state index is 12.7. The minimum absolute atomic E-state index is 0.0400. The minimum Gasteiger partial charge on any atom is -0.289 e. The second-order valence-corrected chi connectivity index (χ2v) is 5.48. The zero-order valence-electron chi connectivity index (χ0n) is 13.1. The molecule has 3 rings (SSSR count). The van der Waals surface area contributed by atoms with Crippen molar-refractivity contribution in [3.8, 4) is 11.1 Å². The fourth-order valence-electron chi connectivity index (χ4n) is 2.67. The third-order valence-electron chi connectivity index (χ3n) is 4.00. The number of carbonyl (C=O) groups excluding carboxylic acids is 1. The topological polar surface area (TPSA) is 60.2 Å². The van der Waals surface area contributed by atoms with Crippen LogP contribution in [-0.2, 0) is 0 Å². The highest BCUT2D eigenvalue weighted by molar-refractivity contribution is 6.10. The summed E-state index contributed by atoms with van der Waals surface area (Å²) in [7, 11) is 0. The highest BCUT2D eigenvalue weighted by Crippen LogP contribution is 2.25. The van der Waals surface area contributed by atoms with Crippen molar-refractivity contribution >= 4 is 11.5 Å². The maximum absolute atomic E-state index is 12.7. The van der Waals surface area contributed by atoms with Crippen LogP contribution in [0.1, 0.15) is 21.5 Å². The van der Waals surface area contributed by atoms with Gasteiger partial charge >= 0.3 is 0 Å². The summed E-state index contributed by atoms with van der Waals surface area (Å²) in [6, 6.07) is 21.7. The second kappa shape index (κ2) is 6.46.